The molecule has 7 heteroatoms. The molecule has 2 aromatic heterocycles. The fraction of sp³-hybridized carbons (Fsp3) is 0.250. The van der Waals surface area contributed by atoms with Crippen molar-refractivity contribution in [2.45, 2.75) is 20.0 Å². The van der Waals surface area contributed by atoms with Crippen LogP contribution in [0.2, 0.25) is 0 Å². The fourth-order valence-corrected chi connectivity index (χ4v) is 3.55. The highest BCUT2D eigenvalue weighted by atomic mass is 79.9. The second kappa shape index (κ2) is 7.62. The van der Waals surface area contributed by atoms with E-state index in [9.17, 15) is 4.79 Å². The Morgan fingerprint density at radius 3 is 3.00 bits per heavy atom. The lowest BCUT2D eigenvalue weighted by molar-refractivity contribution is -0.136. The lowest BCUT2D eigenvalue weighted by Gasteiger charge is -2.13. The normalized spacial score (nSPS) is 14.5. The van der Waals surface area contributed by atoms with Crippen molar-refractivity contribution in [3.05, 3.63) is 63.9 Å². The number of hydrogen-bond acceptors (Lipinski definition) is 6. The van der Waals surface area contributed by atoms with E-state index in [4.69, 9.17) is 4.74 Å². The molecule has 3 heterocycles. The predicted octanol–water partition coefficient (Wildman–Crippen LogP) is 3.63. The minimum Gasteiger partial charge on any atom is -0.449 e. The maximum Gasteiger partial charge on any atom is 0.321 e. The average molecular weight is 427 g/mol. The summed E-state index contributed by atoms with van der Waals surface area (Å²) in [5.41, 5.74) is 4.30. The number of carbonyl (C=O) groups excluding carboxylic acids is 1. The molecule has 0 radical (unpaired) electrons. The topological polar surface area (TPSA) is 67.3 Å². The van der Waals surface area contributed by atoms with E-state index in [1.165, 1.54) is 11.1 Å². The van der Waals surface area contributed by atoms with E-state index in [0.29, 0.717) is 26.4 Å². The molecule has 0 amide bonds. The van der Waals surface area contributed by atoms with Crippen LogP contribution in [0.15, 0.2) is 47.2 Å². The van der Waals surface area contributed by atoms with Gasteiger partial charge in [-0.2, -0.15) is 0 Å². The van der Waals surface area contributed by atoms with Gasteiger partial charge in [0.1, 0.15) is 12.2 Å². The number of fused-ring (bicyclic) bond motifs is 1. The van der Waals surface area contributed by atoms with Crippen LogP contribution in [0, 0.1) is 6.92 Å². The molecule has 0 aliphatic carbocycles. The van der Waals surface area contributed by atoms with Crippen LogP contribution in [0.3, 0.4) is 0 Å². The maximum atomic E-state index is 11.2. The number of carbonyl (C=O) groups is 1. The number of benzene rings is 1. The zero-order chi connectivity index (χ0) is 18.8. The van der Waals surface area contributed by atoms with Gasteiger partial charge < -0.3 is 10.1 Å². The number of nitrogens with one attached hydrogen (secondary N) is 1. The highest BCUT2D eigenvalue weighted by Gasteiger charge is 2.20. The van der Waals surface area contributed by atoms with Crippen molar-refractivity contribution >= 4 is 38.6 Å². The summed E-state index contributed by atoms with van der Waals surface area (Å²) < 4.78 is 6.08. The van der Waals surface area contributed by atoms with E-state index in [-0.39, 0.29) is 5.97 Å². The smallest absolute Gasteiger partial charge is 0.321 e. The van der Waals surface area contributed by atoms with Gasteiger partial charge in [-0.05, 0) is 41.8 Å². The molecular formula is C20H19BrN4O2. The molecule has 1 N–H and O–H groups in total. The summed E-state index contributed by atoms with van der Waals surface area (Å²) >= 11 is 3.57. The summed E-state index contributed by atoms with van der Waals surface area (Å²) in [4.78, 5) is 22.2. The summed E-state index contributed by atoms with van der Waals surface area (Å²) in [5, 5.41) is 4.42. The van der Waals surface area contributed by atoms with Crippen molar-refractivity contribution in [3.8, 4) is 0 Å². The summed E-state index contributed by atoms with van der Waals surface area (Å²) in [6.07, 6.45) is 3.62. The molecule has 6 nitrogen and oxygen atoms in total. The lowest BCUT2D eigenvalue weighted by Crippen LogP contribution is -2.20. The van der Waals surface area contributed by atoms with Crippen LogP contribution in [0.25, 0.3) is 10.9 Å². The zero-order valence-corrected chi connectivity index (χ0v) is 16.5. The van der Waals surface area contributed by atoms with Crippen LogP contribution in [0.4, 0.5) is 5.82 Å². The molecule has 3 aromatic rings. The Labute approximate surface area is 165 Å². The zero-order valence-electron chi connectivity index (χ0n) is 14.9. The second-order valence-electron chi connectivity index (χ2n) is 6.58. The molecule has 0 atom stereocenters. The highest BCUT2D eigenvalue weighted by molar-refractivity contribution is 9.10. The van der Waals surface area contributed by atoms with Crippen LogP contribution < -0.4 is 5.32 Å². The van der Waals surface area contributed by atoms with E-state index < -0.39 is 0 Å². The first-order chi connectivity index (χ1) is 13.1. The van der Waals surface area contributed by atoms with Gasteiger partial charge in [0.15, 0.2) is 5.82 Å². The standard InChI is InChI=1S/C20H19BrN4O2/c1-13-16(3-2-4-17(13)21)9-24-20-19-15(5-6-22-20)7-14(8-23-19)10-25-11-18(26)27-12-25/h2-8H,9-12H2,1H3,(H,22,24). The fourth-order valence-electron chi connectivity index (χ4n) is 3.14. The van der Waals surface area contributed by atoms with Gasteiger partial charge >= 0.3 is 5.97 Å². The Balaban J connectivity index is 1.53. The van der Waals surface area contributed by atoms with Crippen molar-refractivity contribution in [2.24, 2.45) is 0 Å². The van der Waals surface area contributed by atoms with Gasteiger partial charge in [0.2, 0.25) is 0 Å². The molecular weight excluding hydrogens is 408 g/mol. The summed E-state index contributed by atoms with van der Waals surface area (Å²) in [6, 6.07) is 10.2. The van der Waals surface area contributed by atoms with E-state index in [1.807, 2.05) is 29.3 Å². The number of aromatic nitrogens is 2. The van der Waals surface area contributed by atoms with E-state index in [1.54, 1.807) is 6.20 Å². The van der Waals surface area contributed by atoms with Gasteiger partial charge in [0, 0.05) is 35.3 Å². The maximum absolute atomic E-state index is 11.2. The summed E-state index contributed by atoms with van der Waals surface area (Å²) in [6.45, 7) is 4.07. The number of pyridine rings is 2. The van der Waals surface area contributed by atoms with Gasteiger partial charge in [-0.3, -0.25) is 14.7 Å². The van der Waals surface area contributed by atoms with Gasteiger partial charge in [0.25, 0.3) is 0 Å². The number of halogens is 1. The summed E-state index contributed by atoms with van der Waals surface area (Å²) in [5.74, 6) is 0.584. The van der Waals surface area contributed by atoms with Gasteiger partial charge in [0.05, 0.1) is 6.54 Å². The number of esters is 1. The number of hydrogen-bond donors (Lipinski definition) is 1. The molecule has 27 heavy (non-hydrogen) atoms. The molecule has 1 saturated heterocycles. The Kier molecular flexibility index (Phi) is 5.05. The van der Waals surface area contributed by atoms with E-state index in [2.05, 4.69) is 50.3 Å². The Morgan fingerprint density at radius 2 is 2.19 bits per heavy atom. The molecule has 1 aliphatic heterocycles. The van der Waals surface area contributed by atoms with Crippen LogP contribution >= 0.6 is 15.9 Å². The number of nitrogens with zero attached hydrogens (tertiary/aromatic N) is 3. The van der Waals surface area contributed by atoms with Gasteiger partial charge in [-0.15, -0.1) is 0 Å². The second-order valence-corrected chi connectivity index (χ2v) is 7.44. The molecule has 0 bridgehead atoms. The molecule has 1 fully saturated rings. The van der Waals surface area contributed by atoms with Gasteiger partial charge in [-0.25, -0.2) is 4.98 Å². The number of cyclic esters (lactones) is 1. The van der Waals surface area contributed by atoms with Crippen LogP contribution in [0.1, 0.15) is 16.7 Å². The van der Waals surface area contributed by atoms with Crippen LogP contribution in [-0.2, 0) is 22.6 Å². The monoisotopic (exact) mass is 426 g/mol. The van der Waals surface area contributed by atoms with Crippen LogP contribution in [-0.4, -0.2) is 34.1 Å². The molecule has 0 saturated carbocycles. The predicted molar refractivity (Wildman–Crippen MR) is 107 cm³/mol. The molecule has 0 spiro atoms. The number of ether oxygens (including phenoxy) is 1. The number of rotatable bonds is 5. The molecule has 0 unspecified atom stereocenters. The Hall–Kier alpha value is -2.51. The van der Waals surface area contributed by atoms with Crippen LogP contribution in [0.5, 0.6) is 0 Å². The van der Waals surface area contributed by atoms with Crippen molar-refractivity contribution in [3.63, 3.8) is 0 Å². The van der Waals surface area contributed by atoms with Crippen molar-refractivity contribution in [2.75, 3.05) is 18.6 Å². The third kappa shape index (κ3) is 3.94. The lowest BCUT2D eigenvalue weighted by atomic mass is 10.1. The third-order valence-electron chi connectivity index (χ3n) is 4.65. The first kappa shape index (κ1) is 17.9. The summed E-state index contributed by atoms with van der Waals surface area (Å²) in [7, 11) is 0. The quantitative estimate of drug-likeness (QED) is 0.628. The van der Waals surface area contributed by atoms with E-state index in [0.717, 1.165) is 26.8 Å². The van der Waals surface area contributed by atoms with Crippen molar-refractivity contribution < 1.29 is 9.53 Å². The largest absolute Gasteiger partial charge is 0.449 e. The minimum atomic E-state index is -0.178. The minimum absolute atomic E-state index is 0.178. The molecule has 138 valence electrons. The third-order valence-corrected chi connectivity index (χ3v) is 5.51. The molecule has 1 aliphatic rings. The van der Waals surface area contributed by atoms with Crippen molar-refractivity contribution in [1.29, 1.82) is 0 Å². The van der Waals surface area contributed by atoms with Crippen molar-refractivity contribution in [1.82, 2.24) is 14.9 Å². The highest BCUT2D eigenvalue weighted by Crippen LogP contribution is 2.23. The molecule has 1 aromatic carbocycles. The van der Waals surface area contributed by atoms with E-state index >= 15 is 0 Å². The average Bonchev–Trinajstić information content (AvgIpc) is 3.07. The Bertz CT molecular complexity index is 1010. The first-order valence-corrected chi connectivity index (χ1v) is 9.49. The Morgan fingerprint density at radius 1 is 1.30 bits per heavy atom. The van der Waals surface area contributed by atoms with Gasteiger partial charge in [-0.1, -0.05) is 28.1 Å². The SMILES string of the molecule is Cc1c(Br)cccc1CNc1nccc2cc(CN3COC(=O)C3)cnc12. The number of anilines is 1. The molecule has 4 rings (SSSR count). The first-order valence-electron chi connectivity index (χ1n) is 8.69.